The molecule has 0 aromatic heterocycles. The lowest BCUT2D eigenvalue weighted by atomic mass is 9.99. The number of nitriles is 1. The summed E-state index contributed by atoms with van der Waals surface area (Å²) >= 11 is 0. The highest BCUT2D eigenvalue weighted by Gasteiger charge is 2.27. The molecule has 2 aromatic rings. The molecule has 0 saturated heterocycles. The second-order valence-electron chi connectivity index (χ2n) is 5.20. The Labute approximate surface area is 137 Å². The summed E-state index contributed by atoms with van der Waals surface area (Å²) in [5.74, 6) is -0.159. The molecule has 1 heterocycles. The third kappa shape index (κ3) is 2.57. The molecule has 0 bridgehead atoms. The molecule has 120 valence electrons. The van der Waals surface area contributed by atoms with E-state index in [0.29, 0.717) is 11.3 Å². The van der Waals surface area contributed by atoms with Gasteiger partial charge in [0.1, 0.15) is 23.3 Å². The van der Waals surface area contributed by atoms with Gasteiger partial charge in [-0.05, 0) is 36.4 Å². The number of guanidine groups is 1. The third-order valence-electron chi connectivity index (χ3n) is 3.71. The largest absolute Gasteiger partial charge is 0.508 e. The first-order valence-corrected chi connectivity index (χ1v) is 7.05. The molecular weight excluding hydrogens is 308 g/mol. The van der Waals surface area contributed by atoms with Crippen LogP contribution >= 0.6 is 0 Å². The fraction of sp³-hybridized carbons (Fsp3) is 0.0588. The molecule has 24 heavy (non-hydrogen) atoms. The van der Waals surface area contributed by atoms with E-state index in [1.807, 2.05) is 6.07 Å². The average Bonchev–Trinajstić information content (AvgIpc) is 2.56. The zero-order valence-corrected chi connectivity index (χ0v) is 12.5. The maximum atomic E-state index is 10.2. The monoisotopic (exact) mass is 322 g/mol. The Bertz CT molecular complexity index is 882. The maximum absolute atomic E-state index is 10.2. The Hall–Kier alpha value is -3.66. The summed E-state index contributed by atoms with van der Waals surface area (Å²) in [6.45, 7) is 0. The Morgan fingerprint density at radius 2 is 1.79 bits per heavy atom. The van der Waals surface area contributed by atoms with Gasteiger partial charge in [0, 0.05) is 23.5 Å². The number of nitrogens with zero attached hydrogens (tertiary/aromatic N) is 3. The number of aromatic hydroxyl groups is 3. The van der Waals surface area contributed by atoms with Crippen molar-refractivity contribution in [3.8, 4) is 23.3 Å². The molecule has 1 aliphatic heterocycles. The van der Waals surface area contributed by atoms with Crippen LogP contribution in [0.2, 0.25) is 0 Å². The van der Waals surface area contributed by atoms with Crippen LogP contribution in [-0.4, -0.2) is 21.3 Å². The number of hydrogen-bond donors (Lipinski definition) is 4. The summed E-state index contributed by atoms with van der Waals surface area (Å²) in [6.07, 6.45) is 3.21. The lowest BCUT2D eigenvalue weighted by Crippen LogP contribution is -2.41. The molecule has 7 heteroatoms. The van der Waals surface area contributed by atoms with E-state index in [1.165, 1.54) is 24.4 Å². The summed E-state index contributed by atoms with van der Waals surface area (Å²) in [5.41, 5.74) is 7.08. The highest BCUT2D eigenvalue weighted by Crippen LogP contribution is 2.38. The van der Waals surface area contributed by atoms with E-state index in [9.17, 15) is 15.3 Å². The van der Waals surface area contributed by atoms with Gasteiger partial charge in [0.2, 0.25) is 5.96 Å². The maximum Gasteiger partial charge on any atom is 0.201 e. The Morgan fingerprint density at radius 1 is 1.08 bits per heavy atom. The van der Waals surface area contributed by atoms with Gasteiger partial charge in [0.05, 0.1) is 11.6 Å². The smallest absolute Gasteiger partial charge is 0.201 e. The third-order valence-corrected chi connectivity index (χ3v) is 3.71. The predicted molar refractivity (Wildman–Crippen MR) is 88.6 cm³/mol. The number of hydrogen-bond acceptors (Lipinski definition) is 7. The van der Waals surface area contributed by atoms with Crippen LogP contribution in [-0.2, 0) is 0 Å². The minimum absolute atomic E-state index is 0.0444. The number of nitrogens with two attached hydrogens (primary N) is 1. The summed E-state index contributed by atoms with van der Waals surface area (Å²) in [7, 11) is 0. The zero-order chi connectivity index (χ0) is 17.3. The Balaban J connectivity index is 2.12. The van der Waals surface area contributed by atoms with E-state index >= 15 is 0 Å². The highest BCUT2D eigenvalue weighted by atomic mass is 16.3. The van der Waals surface area contributed by atoms with Crippen LogP contribution in [0.4, 0.5) is 5.69 Å². The van der Waals surface area contributed by atoms with E-state index in [0.717, 1.165) is 6.07 Å². The molecule has 1 atom stereocenters. The molecule has 1 aliphatic rings. The van der Waals surface area contributed by atoms with Crippen molar-refractivity contribution < 1.29 is 15.3 Å². The molecule has 0 fully saturated rings. The van der Waals surface area contributed by atoms with E-state index < -0.39 is 6.04 Å². The molecule has 2 aromatic carbocycles. The Morgan fingerprint density at radius 3 is 2.46 bits per heavy atom. The molecule has 7 nitrogen and oxygen atoms in total. The normalized spacial score (nSPS) is 16.5. The Kier molecular flexibility index (Phi) is 3.72. The topological polar surface area (TPSA) is 126 Å². The van der Waals surface area contributed by atoms with Crippen molar-refractivity contribution in [3.05, 3.63) is 59.8 Å². The summed E-state index contributed by atoms with van der Waals surface area (Å²) in [4.78, 5) is 5.70. The predicted octanol–water partition coefficient (Wildman–Crippen LogP) is 2.06. The zero-order valence-electron chi connectivity index (χ0n) is 12.5. The van der Waals surface area contributed by atoms with Gasteiger partial charge in [-0.1, -0.05) is 0 Å². The fourth-order valence-corrected chi connectivity index (χ4v) is 2.56. The van der Waals surface area contributed by atoms with Crippen LogP contribution in [0.25, 0.3) is 0 Å². The van der Waals surface area contributed by atoms with Gasteiger partial charge in [0.15, 0.2) is 0 Å². The van der Waals surface area contributed by atoms with E-state index in [2.05, 4.69) is 4.99 Å². The van der Waals surface area contributed by atoms with E-state index in [-0.39, 0.29) is 28.8 Å². The van der Waals surface area contributed by atoms with Crippen molar-refractivity contribution >= 4 is 11.6 Å². The first-order valence-electron chi connectivity index (χ1n) is 7.05. The van der Waals surface area contributed by atoms with Crippen molar-refractivity contribution in [2.24, 2.45) is 10.7 Å². The molecule has 3 rings (SSSR count). The first-order chi connectivity index (χ1) is 11.5. The molecular formula is C17H14N4O3. The van der Waals surface area contributed by atoms with E-state index in [1.54, 1.807) is 23.1 Å². The number of aliphatic imine (C=N–C) groups is 1. The lowest BCUT2D eigenvalue weighted by Gasteiger charge is -2.33. The minimum Gasteiger partial charge on any atom is -0.508 e. The second-order valence-corrected chi connectivity index (χ2v) is 5.20. The van der Waals surface area contributed by atoms with Gasteiger partial charge in [-0.25, -0.2) is 4.99 Å². The summed E-state index contributed by atoms with van der Waals surface area (Å²) in [6, 6.07) is 10.2. The van der Waals surface area contributed by atoms with Crippen LogP contribution in [0.15, 0.2) is 53.7 Å². The number of anilines is 1. The molecule has 0 aliphatic carbocycles. The van der Waals surface area contributed by atoms with Gasteiger partial charge in [-0.15, -0.1) is 0 Å². The van der Waals surface area contributed by atoms with E-state index in [4.69, 9.17) is 11.0 Å². The molecule has 0 amide bonds. The quantitative estimate of drug-likeness (QED) is 0.670. The van der Waals surface area contributed by atoms with Crippen molar-refractivity contribution in [1.29, 1.82) is 5.26 Å². The average molecular weight is 322 g/mol. The van der Waals surface area contributed by atoms with Crippen molar-refractivity contribution in [2.75, 3.05) is 4.90 Å². The molecule has 1 unspecified atom stereocenters. The van der Waals surface area contributed by atoms with Gasteiger partial charge < -0.3 is 26.0 Å². The number of rotatable bonds is 2. The first kappa shape index (κ1) is 15.2. The summed E-state index contributed by atoms with van der Waals surface area (Å²) in [5, 5.41) is 38.4. The number of phenols is 3. The van der Waals surface area contributed by atoms with Gasteiger partial charge >= 0.3 is 0 Å². The SMILES string of the molecule is N#Cc1cc(C2C=CN=C(N)N2c2ccc(O)cc2)c(O)cc1O. The van der Waals surface area contributed by atoms with Crippen LogP contribution in [0.5, 0.6) is 17.2 Å². The highest BCUT2D eigenvalue weighted by molar-refractivity contribution is 5.97. The minimum atomic E-state index is -0.528. The van der Waals surface area contributed by atoms with Crippen LogP contribution in [0.1, 0.15) is 17.2 Å². The molecule has 0 radical (unpaired) electrons. The standard InChI is InChI=1S/C17H14N4O3/c18-9-10-7-13(16(24)8-15(10)23)14-5-6-20-17(19)21(14)11-1-3-12(22)4-2-11/h1-8,14,22-24H,(H2,19,20). The summed E-state index contributed by atoms with van der Waals surface area (Å²) < 4.78 is 0. The van der Waals surface area contributed by atoms with Gasteiger partial charge in [-0.3, -0.25) is 0 Å². The molecule has 0 saturated carbocycles. The van der Waals surface area contributed by atoms with Crippen LogP contribution in [0, 0.1) is 11.3 Å². The lowest BCUT2D eigenvalue weighted by molar-refractivity contribution is 0.443. The molecule has 5 N–H and O–H groups in total. The van der Waals surface area contributed by atoms with Crippen molar-refractivity contribution in [2.45, 2.75) is 6.04 Å². The van der Waals surface area contributed by atoms with Gasteiger partial charge in [0.25, 0.3) is 0 Å². The van der Waals surface area contributed by atoms with Crippen molar-refractivity contribution in [1.82, 2.24) is 0 Å². The van der Waals surface area contributed by atoms with Crippen LogP contribution < -0.4 is 10.6 Å². The number of benzene rings is 2. The van der Waals surface area contributed by atoms with Gasteiger partial charge in [-0.2, -0.15) is 5.26 Å². The fourth-order valence-electron chi connectivity index (χ4n) is 2.56. The van der Waals surface area contributed by atoms with Crippen LogP contribution in [0.3, 0.4) is 0 Å². The number of phenolic OH excluding ortho intramolecular Hbond substituents is 3. The second kappa shape index (κ2) is 5.85. The molecule has 0 spiro atoms. The van der Waals surface area contributed by atoms with Crippen molar-refractivity contribution in [3.63, 3.8) is 0 Å².